The summed E-state index contributed by atoms with van der Waals surface area (Å²) in [6.07, 6.45) is 5.43. The summed E-state index contributed by atoms with van der Waals surface area (Å²) in [7, 11) is 0. The Bertz CT molecular complexity index is 105. The van der Waals surface area contributed by atoms with Gasteiger partial charge in [0.2, 0.25) is 0 Å². The first-order valence-corrected chi connectivity index (χ1v) is 4.45. The van der Waals surface area contributed by atoms with Gasteiger partial charge in [-0.1, -0.05) is 20.3 Å². The van der Waals surface area contributed by atoms with E-state index in [9.17, 15) is 0 Å². The molecule has 0 aromatic carbocycles. The number of rotatable bonds is 4. The third kappa shape index (κ3) is 1.34. The van der Waals surface area contributed by atoms with Gasteiger partial charge in [0.15, 0.2) is 0 Å². The van der Waals surface area contributed by atoms with Crippen LogP contribution in [0.15, 0.2) is 0 Å². The highest BCUT2D eigenvalue weighted by Gasteiger charge is 2.45. The number of nitrogens with two attached hydrogens (primary N) is 1. The summed E-state index contributed by atoms with van der Waals surface area (Å²) in [6, 6.07) is 0. The van der Waals surface area contributed by atoms with Gasteiger partial charge in [0.1, 0.15) is 0 Å². The maximum atomic E-state index is 5.55. The standard InChI is InChI=1S/C9H19N/c1-3-8(2)9(4-5-9)6-7-10/h8H,3-7,10H2,1-2H3. The minimum absolute atomic E-state index is 0.684. The molecule has 0 aliphatic heterocycles. The van der Waals surface area contributed by atoms with Gasteiger partial charge in [-0.3, -0.25) is 0 Å². The Labute approximate surface area is 64.0 Å². The Morgan fingerprint density at radius 1 is 1.50 bits per heavy atom. The van der Waals surface area contributed by atoms with Gasteiger partial charge in [-0.15, -0.1) is 0 Å². The second kappa shape index (κ2) is 2.91. The van der Waals surface area contributed by atoms with Crippen molar-refractivity contribution in [3.63, 3.8) is 0 Å². The fraction of sp³-hybridized carbons (Fsp3) is 1.00. The van der Waals surface area contributed by atoms with Crippen LogP contribution in [0, 0.1) is 11.3 Å². The minimum Gasteiger partial charge on any atom is -0.330 e. The third-order valence-electron chi connectivity index (χ3n) is 3.19. The summed E-state index contributed by atoms with van der Waals surface area (Å²) < 4.78 is 0. The van der Waals surface area contributed by atoms with Crippen LogP contribution in [0.4, 0.5) is 0 Å². The first kappa shape index (κ1) is 8.06. The van der Waals surface area contributed by atoms with Crippen molar-refractivity contribution in [2.45, 2.75) is 39.5 Å². The summed E-state index contributed by atoms with van der Waals surface area (Å²) in [5.41, 5.74) is 6.23. The van der Waals surface area contributed by atoms with E-state index < -0.39 is 0 Å². The largest absolute Gasteiger partial charge is 0.330 e. The lowest BCUT2D eigenvalue weighted by atomic mass is 9.86. The first-order chi connectivity index (χ1) is 4.75. The zero-order valence-electron chi connectivity index (χ0n) is 7.19. The quantitative estimate of drug-likeness (QED) is 0.638. The molecule has 1 nitrogen and oxygen atoms in total. The molecule has 0 saturated heterocycles. The van der Waals surface area contributed by atoms with Gasteiger partial charge in [-0.25, -0.2) is 0 Å². The summed E-state index contributed by atoms with van der Waals surface area (Å²) >= 11 is 0. The molecule has 1 aliphatic rings. The molecule has 1 atom stereocenters. The van der Waals surface area contributed by atoms with Crippen LogP contribution in [-0.2, 0) is 0 Å². The molecule has 0 spiro atoms. The summed E-state index contributed by atoms with van der Waals surface area (Å²) in [6.45, 7) is 5.52. The van der Waals surface area contributed by atoms with Gasteiger partial charge in [0, 0.05) is 0 Å². The molecular formula is C9H19N. The SMILES string of the molecule is CCC(C)C1(CCN)CC1. The van der Waals surface area contributed by atoms with E-state index in [-0.39, 0.29) is 0 Å². The van der Waals surface area contributed by atoms with Crippen molar-refractivity contribution in [2.24, 2.45) is 17.1 Å². The van der Waals surface area contributed by atoms with Crippen LogP contribution in [0.3, 0.4) is 0 Å². The van der Waals surface area contributed by atoms with Crippen molar-refractivity contribution >= 4 is 0 Å². The monoisotopic (exact) mass is 141 g/mol. The van der Waals surface area contributed by atoms with Crippen LogP contribution in [-0.4, -0.2) is 6.54 Å². The average Bonchev–Trinajstić information content (AvgIpc) is 2.69. The lowest BCUT2D eigenvalue weighted by Crippen LogP contribution is -2.16. The molecule has 0 heterocycles. The van der Waals surface area contributed by atoms with E-state index in [1.807, 2.05) is 0 Å². The molecule has 0 aromatic rings. The summed E-state index contributed by atoms with van der Waals surface area (Å²) in [5.74, 6) is 0.899. The molecular weight excluding hydrogens is 122 g/mol. The van der Waals surface area contributed by atoms with Crippen molar-refractivity contribution in [1.82, 2.24) is 0 Å². The minimum atomic E-state index is 0.684. The van der Waals surface area contributed by atoms with Gasteiger partial charge >= 0.3 is 0 Å². The Morgan fingerprint density at radius 3 is 2.40 bits per heavy atom. The van der Waals surface area contributed by atoms with E-state index in [2.05, 4.69) is 13.8 Å². The second-order valence-electron chi connectivity index (χ2n) is 3.71. The van der Waals surface area contributed by atoms with E-state index >= 15 is 0 Å². The van der Waals surface area contributed by atoms with Gasteiger partial charge in [0.25, 0.3) is 0 Å². The third-order valence-corrected chi connectivity index (χ3v) is 3.19. The van der Waals surface area contributed by atoms with Crippen molar-refractivity contribution < 1.29 is 0 Å². The van der Waals surface area contributed by atoms with Crippen LogP contribution in [0.5, 0.6) is 0 Å². The lowest BCUT2D eigenvalue weighted by molar-refractivity contribution is 0.306. The second-order valence-corrected chi connectivity index (χ2v) is 3.71. The van der Waals surface area contributed by atoms with E-state index in [1.54, 1.807) is 0 Å². The molecule has 1 saturated carbocycles. The maximum absolute atomic E-state index is 5.55. The first-order valence-electron chi connectivity index (χ1n) is 4.45. The smallest absolute Gasteiger partial charge is 0.00719 e. The van der Waals surface area contributed by atoms with Crippen LogP contribution in [0.1, 0.15) is 39.5 Å². The van der Waals surface area contributed by atoms with E-state index in [4.69, 9.17) is 5.73 Å². The number of hydrogen-bond acceptors (Lipinski definition) is 1. The Hall–Kier alpha value is -0.0400. The topological polar surface area (TPSA) is 26.0 Å². The lowest BCUT2D eigenvalue weighted by Gasteiger charge is -2.20. The Morgan fingerprint density at radius 2 is 2.10 bits per heavy atom. The normalized spacial score (nSPS) is 24.3. The van der Waals surface area contributed by atoms with E-state index in [1.165, 1.54) is 25.7 Å². The van der Waals surface area contributed by atoms with Crippen LogP contribution in [0.2, 0.25) is 0 Å². The summed E-state index contributed by atoms with van der Waals surface area (Å²) in [4.78, 5) is 0. The molecule has 1 unspecified atom stereocenters. The van der Waals surface area contributed by atoms with E-state index in [0.717, 1.165) is 12.5 Å². The highest BCUT2D eigenvalue weighted by atomic mass is 14.6. The predicted octanol–water partition coefficient (Wildman–Crippen LogP) is 2.16. The van der Waals surface area contributed by atoms with Crippen LogP contribution in [0.25, 0.3) is 0 Å². The van der Waals surface area contributed by atoms with Crippen molar-refractivity contribution in [2.75, 3.05) is 6.54 Å². The molecule has 0 radical (unpaired) electrons. The molecule has 2 N–H and O–H groups in total. The zero-order valence-corrected chi connectivity index (χ0v) is 7.19. The van der Waals surface area contributed by atoms with Gasteiger partial charge in [-0.2, -0.15) is 0 Å². The van der Waals surface area contributed by atoms with Crippen LogP contribution >= 0.6 is 0 Å². The van der Waals surface area contributed by atoms with Gasteiger partial charge in [-0.05, 0) is 37.1 Å². The average molecular weight is 141 g/mol. The van der Waals surface area contributed by atoms with E-state index in [0.29, 0.717) is 5.41 Å². The molecule has 0 aromatic heterocycles. The Balaban J connectivity index is 2.35. The highest BCUT2D eigenvalue weighted by molar-refractivity contribution is 4.96. The zero-order chi connectivity index (χ0) is 7.61. The maximum Gasteiger partial charge on any atom is -0.00719 e. The fourth-order valence-electron chi connectivity index (χ4n) is 1.87. The molecule has 0 bridgehead atoms. The highest BCUT2D eigenvalue weighted by Crippen LogP contribution is 2.55. The van der Waals surface area contributed by atoms with Crippen molar-refractivity contribution in [3.05, 3.63) is 0 Å². The number of hydrogen-bond donors (Lipinski definition) is 1. The molecule has 1 aliphatic carbocycles. The van der Waals surface area contributed by atoms with Crippen molar-refractivity contribution in [3.8, 4) is 0 Å². The molecule has 10 heavy (non-hydrogen) atoms. The molecule has 0 amide bonds. The fourth-order valence-corrected chi connectivity index (χ4v) is 1.87. The van der Waals surface area contributed by atoms with Gasteiger partial charge in [0.05, 0.1) is 0 Å². The van der Waals surface area contributed by atoms with Gasteiger partial charge < -0.3 is 5.73 Å². The predicted molar refractivity (Wildman–Crippen MR) is 44.8 cm³/mol. The van der Waals surface area contributed by atoms with Crippen molar-refractivity contribution in [1.29, 1.82) is 0 Å². The summed E-state index contributed by atoms with van der Waals surface area (Å²) in [5, 5.41) is 0. The van der Waals surface area contributed by atoms with Crippen LogP contribution < -0.4 is 5.73 Å². The molecule has 60 valence electrons. The Kier molecular flexibility index (Phi) is 2.35. The molecule has 1 heteroatoms. The molecule has 1 rings (SSSR count). The molecule has 1 fully saturated rings.